The fraction of sp³-hybridized carbons (Fsp3) is 0.640. The summed E-state index contributed by atoms with van der Waals surface area (Å²) in [6.45, 7) is 9.42. The van der Waals surface area contributed by atoms with Crippen molar-refractivity contribution in [3.8, 4) is 5.75 Å². The van der Waals surface area contributed by atoms with Crippen LogP contribution in [0.25, 0.3) is 11.0 Å². The van der Waals surface area contributed by atoms with E-state index >= 15 is 0 Å². The van der Waals surface area contributed by atoms with Gasteiger partial charge < -0.3 is 14.2 Å². The van der Waals surface area contributed by atoms with E-state index in [4.69, 9.17) is 9.25 Å². The zero-order valence-corrected chi connectivity index (χ0v) is 19.5. The zero-order valence-electron chi connectivity index (χ0n) is 19.5. The summed E-state index contributed by atoms with van der Waals surface area (Å²) in [5, 5.41) is 2.94. The molecule has 1 amide bonds. The first kappa shape index (κ1) is 23.0. The van der Waals surface area contributed by atoms with Gasteiger partial charge in [-0.25, -0.2) is 8.78 Å². The Morgan fingerprint density at radius 3 is 2.50 bits per heavy atom. The van der Waals surface area contributed by atoms with E-state index in [2.05, 4.69) is 18.9 Å². The summed E-state index contributed by atoms with van der Waals surface area (Å²) in [4.78, 5) is 20.9. The Kier molecular flexibility index (Phi) is 6.48. The Morgan fingerprint density at radius 1 is 1.12 bits per heavy atom. The number of benzene rings is 1. The third kappa shape index (κ3) is 4.63. The summed E-state index contributed by atoms with van der Waals surface area (Å²) >= 11 is 0. The molecule has 1 unspecified atom stereocenters. The SMILES string of the molecule is CC(C)c1c(C(=O)N2CCC(F)(F)CC2)oc2cc(ON3CCCCC3C(C)C)ccc12. The van der Waals surface area contributed by atoms with E-state index in [1.165, 1.54) is 11.3 Å². The Hall–Kier alpha value is -2.15. The summed E-state index contributed by atoms with van der Waals surface area (Å²) in [6.07, 6.45) is 2.83. The van der Waals surface area contributed by atoms with Gasteiger partial charge in [0.25, 0.3) is 11.8 Å². The molecule has 1 atom stereocenters. The van der Waals surface area contributed by atoms with Gasteiger partial charge in [0.2, 0.25) is 0 Å². The maximum absolute atomic E-state index is 13.6. The van der Waals surface area contributed by atoms with E-state index in [0.29, 0.717) is 23.3 Å². The van der Waals surface area contributed by atoms with E-state index in [1.54, 1.807) is 0 Å². The lowest BCUT2D eigenvalue weighted by Crippen LogP contribution is -2.44. The van der Waals surface area contributed by atoms with Crippen LogP contribution in [0, 0.1) is 5.92 Å². The molecule has 1 aromatic carbocycles. The van der Waals surface area contributed by atoms with Crippen molar-refractivity contribution in [2.45, 2.75) is 77.7 Å². The molecule has 2 fully saturated rings. The van der Waals surface area contributed by atoms with Crippen LogP contribution < -0.4 is 4.84 Å². The first-order valence-electron chi connectivity index (χ1n) is 11.8. The average molecular weight is 449 g/mol. The lowest BCUT2D eigenvalue weighted by atomic mass is 9.95. The monoisotopic (exact) mass is 448 g/mol. The Labute approximate surface area is 188 Å². The molecule has 0 N–H and O–H groups in total. The summed E-state index contributed by atoms with van der Waals surface area (Å²) in [5.41, 5.74) is 1.42. The van der Waals surface area contributed by atoms with Crippen LogP contribution in [0.1, 0.15) is 81.8 Å². The quantitative estimate of drug-likeness (QED) is 0.544. The fourth-order valence-electron chi connectivity index (χ4n) is 4.91. The molecule has 2 saturated heterocycles. The molecule has 0 saturated carbocycles. The normalized spacial score (nSPS) is 22.1. The highest BCUT2D eigenvalue weighted by Gasteiger charge is 2.37. The van der Waals surface area contributed by atoms with Gasteiger partial charge in [-0.1, -0.05) is 34.1 Å². The van der Waals surface area contributed by atoms with Crippen molar-refractivity contribution in [3.05, 3.63) is 29.5 Å². The van der Waals surface area contributed by atoms with Crippen LogP contribution in [-0.2, 0) is 0 Å². The van der Waals surface area contributed by atoms with Crippen LogP contribution >= 0.6 is 0 Å². The van der Waals surface area contributed by atoms with Gasteiger partial charge in [0.05, 0.1) is 0 Å². The number of nitrogens with zero attached hydrogens (tertiary/aromatic N) is 2. The number of hydroxylamine groups is 2. The highest BCUT2D eigenvalue weighted by atomic mass is 19.3. The van der Waals surface area contributed by atoms with Crippen LogP contribution in [0.5, 0.6) is 5.75 Å². The second kappa shape index (κ2) is 9.00. The number of alkyl halides is 2. The molecular formula is C25H34F2N2O3. The number of carbonyl (C=O) groups excluding carboxylic acids is 1. The van der Waals surface area contributed by atoms with Crippen molar-refractivity contribution < 1.29 is 22.8 Å². The van der Waals surface area contributed by atoms with Gasteiger partial charge in [0.15, 0.2) is 11.5 Å². The van der Waals surface area contributed by atoms with Gasteiger partial charge in [-0.2, -0.15) is 0 Å². The Balaban J connectivity index is 1.61. The molecule has 32 heavy (non-hydrogen) atoms. The van der Waals surface area contributed by atoms with Crippen molar-refractivity contribution in [2.24, 2.45) is 5.92 Å². The largest absolute Gasteiger partial charge is 0.450 e. The van der Waals surface area contributed by atoms with Crippen LogP contribution in [0.3, 0.4) is 0 Å². The van der Waals surface area contributed by atoms with Gasteiger partial charge >= 0.3 is 0 Å². The standard InChI is InChI=1S/C25H34F2N2O3/c1-16(2)20-7-5-6-12-29(20)32-18-8-9-19-21(15-18)31-23(22(19)17(3)4)24(30)28-13-10-25(26,27)11-14-28/h8-9,15-17,20H,5-7,10-14H2,1-4H3. The third-order valence-electron chi connectivity index (χ3n) is 6.74. The van der Waals surface area contributed by atoms with Gasteiger partial charge in [0, 0.05) is 55.5 Å². The number of fused-ring (bicyclic) bond motifs is 1. The number of hydrogen-bond acceptors (Lipinski definition) is 4. The minimum Gasteiger partial charge on any atom is -0.450 e. The average Bonchev–Trinajstić information content (AvgIpc) is 3.12. The lowest BCUT2D eigenvalue weighted by molar-refractivity contribution is -0.125. The van der Waals surface area contributed by atoms with Gasteiger partial charge in [0.1, 0.15) is 5.58 Å². The first-order valence-corrected chi connectivity index (χ1v) is 11.8. The fourth-order valence-corrected chi connectivity index (χ4v) is 4.91. The minimum absolute atomic E-state index is 0.0420. The van der Waals surface area contributed by atoms with Crippen LogP contribution in [0.2, 0.25) is 0 Å². The molecule has 1 aromatic heterocycles. The van der Waals surface area contributed by atoms with E-state index in [0.717, 1.165) is 30.3 Å². The van der Waals surface area contributed by atoms with Crippen molar-refractivity contribution in [2.75, 3.05) is 19.6 Å². The van der Waals surface area contributed by atoms with Crippen molar-refractivity contribution in [1.82, 2.24) is 9.96 Å². The van der Waals surface area contributed by atoms with Gasteiger partial charge in [-0.3, -0.25) is 4.79 Å². The van der Waals surface area contributed by atoms with Crippen molar-refractivity contribution in [1.29, 1.82) is 0 Å². The van der Waals surface area contributed by atoms with E-state index in [-0.39, 0.29) is 43.5 Å². The minimum atomic E-state index is -2.69. The first-order chi connectivity index (χ1) is 15.2. The smallest absolute Gasteiger partial charge is 0.289 e. The molecule has 0 radical (unpaired) electrons. The van der Waals surface area contributed by atoms with Crippen LogP contribution in [0.4, 0.5) is 8.78 Å². The summed E-state index contributed by atoms with van der Waals surface area (Å²) in [5.74, 6) is -1.50. The summed E-state index contributed by atoms with van der Waals surface area (Å²) in [6, 6.07) is 6.08. The molecule has 176 valence electrons. The Morgan fingerprint density at radius 2 is 1.84 bits per heavy atom. The molecule has 4 rings (SSSR count). The maximum atomic E-state index is 13.6. The highest BCUT2D eigenvalue weighted by molar-refractivity contribution is 5.99. The zero-order chi connectivity index (χ0) is 23.0. The molecule has 2 aliphatic rings. The van der Waals surface area contributed by atoms with Gasteiger partial charge in [-0.15, -0.1) is 5.06 Å². The number of halogens is 2. The highest BCUT2D eigenvalue weighted by Crippen LogP contribution is 2.36. The number of furan rings is 1. The van der Waals surface area contributed by atoms with Crippen molar-refractivity contribution in [3.63, 3.8) is 0 Å². The van der Waals surface area contributed by atoms with Crippen LogP contribution in [-0.4, -0.2) is 47.5 Å². The molecule has 0 bridgehead atoms. The molecule has 0 aliphatic carbocycles. The van der Waals surface area contributed by atoms with E-state index in [9.17, 15) is 13.6 Å². The molecule has 3 heterocycles. The van der Waals surface area contributed by atoms with Crippen LogP contribution in [0.15, 0.2) is 22.6 Å². The second-order valence-corrected chi connectivity index (χ2v) is 9.84. The molecular weight excluding hydrogens is 414 g/mol. The van der Waals surface area contributed by atoms with Crippen molar-refractivity contribution >= 4 is 16.9 Å². The third-order valence-corrected chi connectivity index (χ3v) is 6.74. The number of rotatable bonds is 5. The summed E-state index contributed by atoms with van der Waals surface area (Å²) < 4.78 is 33.2. The Bertz CT molecular complexity index is 959. The van der Waals surface area contributed by atoms with E-state index in [1.807, 2.05) is 32.0 Å². The summed E-state index contributed by atoms with van der Waals surface area (Å²) in [7, 11) is 0. The molecule has 2 aliphatic heterocycles. The number of amides is 1. The number of hydrogen-bond donors (Lipinski definition) is 0. The molecule has 7 heteroatoms. The maximum Gasteiger partial charge on any atom is 0.289 e. The predicted molar refractivity (Wildman–Crippen MR) is 120 cm³/mol. The number of likely N-dealkylation sites (tertiary alicyclic amines) is 1. The van der Waals surface area contributed by atoms with E-state index < -0.39 is 5.92 Å². The lowest BCUT2D eigenvalue weighted by Gasteiger charge is -2.36. The predicted octanol–water partition coefficient (Wildman–Crippen LogP) is 6.23. The topological polar surface area (TPSA) is 45.9 Å². The number of piperidine rings is 2. The second-order valence-electron chi connectivity index (χ2n) is 9.84. The molecule has 5 nitrogen and oxygen atoms in total. The molecule has 2 aromatic rings. The number of carbonyl (C=O) groups is 1. The van der Waals surface area contributed by atoms with Gasteiger partial charge in [-0.05, 0) is 36.8 Å². The molecule has 0 spiro atoms.